The van der Waals surface area contributed by atoms with Gasteiger partial charge in [0.15, 0.2) is 0 Å². The maximum atomic E-state index is 5.68. The van der Waals surface area contributed by atoms with Crippen LogP contribution in [-0.4, -0.2) is 25.8 Å². The second-order valence-electron chi connectivity index (χ2n) is 4.23. The number of hydrogen-bond donors (Lipinski definition) is 1. The third-order valence-corrected chi connectivity index (χ3v) is 3.14. The van der Waals surface area contributed by atoms with Crippen LogP contribution in [0.15, 0.2) is 11.6 Å². The van der Waals surface area contributed by atoms with Crippen LogP contribution in [0.5, 0.6) is 0 Å². The Morgan fingerprint density at radius 1 is 1.69 bits per heavy atom. The first-order valence-electron chi connectivity index (χ1n) is 4.58. The van der Waals surface area contributed by atoms with Gasteiger partial charge in [0.1, 0.15) is 0 Å². The Labute approximate surface area is 85.3 Å². The summed E-state index contributed by atoms with van der Waals surface area (Å²) in [5.74, 6) is 0. The van der Waals surface area contributed by atoms with Crippen molar-refractivity contribution in [3.63, 3.8) is 0 Å². The fourth-order valence-corrected chi connectivity index (χ4v) is 1.94. The normalized spacial score (nSPS) is 31.1. The lowest BCUT2D eigenvalue weighted by Crippen LogP contribution is -2.60. The van der Waals surface area contributed by atoms with Gasteiger partial charge in [0.2, 0.25) is 0 Å². The summed E-state index contributed by atoms with van der Waals surface area (Å²) in [5.41, 5.74) is 0.209. The fraction of sp³-hybridized carbons (Fsp3) is 0.800. The molecule has 1 rings (SSSR count). The Bertz CT molecular complexity index is 203. The summed E-state index contributed by atoms with van der Waals surface area (Å²) in [6.45, 7) is 8.75. The molecule has 1 N–H and O–H groups in total. The van der Waals surface area contributed by atoms with Crippen molar-refractivity contribution in [3.05, 3.63) is 11.6 Å². The van der Waals surface area contributed by atoms with Crippen LogP contribution >= 0.6 is 11.6 Å². The zero-order valence-corrected chi connectivity index (χ0v) is 9.32. The highest BCUT2D eigenvalue weighted by molar-refractivity contribution is 6.29. The summed E-state index contributed by atoms with van der Waals surface area (Å²) in [4.78, 5) is 0. The predicted molar refractivity (Wildman–Crippen MR) is 56.0 cm³/mol. The van der Waals surface area contributed by atoms with Crippen molar-refractivity contribution in [2.45, 2.75) is 32.4 Å². The van der Waals surface area contributed by atoms with Gasteiger partial charge in [-0.25, -0.2) is 0 Å². The largest absolute Gasteiger partial charge is 0.381 e. The Morgan fingerprint density at radius 2 is 2.31 bits per heavy atom. The van der Waals surface area contributed by atoms with Gasteiger partial charge in [-0.2, -0.15) is 0 Å². The quantitative estimate of drug-likeness (QED) is 0.756. The lowest BCUT2D eigenvalue weighted by molar-refractivity contribution is -0.0964. The van der Waals surface area contributed by atoms with E-state index in [1.165, 1.54) is 0 Å². The molecule has 1 aliphatic carbocycles. The maximum Gasteiger partial charge on any atom is 0.0652 e. The molecule has 3 heteroatoms. The van der Waals surface area contributed by atoms with Gasteiger partial charge in [-0.3, -0.25) is 0 Å². The number of halogens is 1. The molecule has 0 aromatic carbocycles. The van der Waals surface area contributed by atoms with E-state index in [4.69, 9.17) is 16.3 Å². The topological polar surface area (TPSA) is 21.3 Å². The average molecular weight is 204 g/mol. The van der Waals surface area contributed by atoms with Gasteiger partial charge in [0, 0.05) is 30.1 Å². The van der Waals surface area contributed by atoms with Crippen LogP contribution in [0.1, 0.15) is 20.3 Å². The molecule has 0 saturated heterocycles. The second kappa shape index (κ2) is 3.99. The van der Waals surface area contributed by atoms with E-state index in [0.717, 1.165) is 6.42 Å². The molecular weight excluding hydrogens is 186 g/mol. The van der Waals surface area contributed by atoms with Gasteiger partial charge in [-0.05, 0) is 6.42 Å². The van der Waals surface area contributed by atoms with Crippen molar-refractivity contribution in [2.24, 2.45) is 5.41 Å². The van der Waals surface area contributed by atoms with Crippen LogP contribution in [0, 0.1) is 5.41 Å². The van der Waals surface area contributed by atoms with Crippen LogP contribution in [0.3, 0.4) is 0 Å². The van der Waals surface area contributed by atoms with E-state index in [1.54, 1.807) is 7.11 Å². The molecule has 0 radical (unpaired) electrons. The number of ether oxygens (including phenoxy) is 1. The van der Waals surface area contributed by atoms with Gasteiger partial charge in [0.05, 0.1) is 6.10 Å². The molecule has 2 atom stereocenters. The third kappa shape index (κ3) is 2.25. The minimum Gasteiger partial charge on any atom is -0.381 e. The maximum absolute atomic E-state index is 5.68. The van der Waals surface area contributed by atoms with Gasteiger partial charge in [-0.1, -0.05) is 32.0 Å². The van der Waals surface area contributed by atoms with Gasteiger partial charge in [-0.15, -0.1) is 0 Å². The van der Waals surface area contributed by atoms with Crippen molar-refractivity contribution >= 4 is 11.6 Å². The highest BCUT2D eigenvalue weighted by atomic mass is 35.5. The highest BCUT2D eigenvalue weighted by Crippen LogP contribution is 2.42. The summed E-state index contributed by atoms with van der Waals surface area (Å²) in [5, 5.41) is 4.03. The van der Waals surface area contributed by atoms with Crippen LogP contribution in [0.2, 0.25) is 0 Å². The molecule has 1 fully saturated rings. The van der Waals surface area contributed by atoms with Gasteiger partial charge in [0.25, 0.3) is 0 Å². The lowest BCUT2D eigenvalue weighted by atomic mass is 9.64. The SMILES string of the molecule is C=C(Cl)CNC1CC(OC)C1(C)C. The molecule has 0 aromatic heterocycles. The molecule has 1 saturated carbocycles. The Balaban J connectivity index is 2.35. The van der Waals surface area contributed by atoms with Gasteiger partial charge >= 0.3 is 0 Å². The molecule has 0 spiro atoms. The minimum absolute atomic E-state index is 0.209. The molecule has 0 heterocycles. The summed E-state index contributed by atoms with van der Waals surface area (Å²) in [6.07, 6.45) is 1.43. The van der Waals surface area contributed by atoms with E-state index in [1.807, 2.05) is 0 Å². The van der Waals surface area contributed by atoms with E-state index < -0.39 is 0 Å². The first-order chi connectivity index (χ1) is 5.98. The molecule has 13 heavy (non-hydrogen) atoms. The number of methoxy groups -OCH3 is 1. The Hall–Kier alpha value is -0.0500. The van der Waals surface area contributed by atoms with Crippen molar-refractivity contribution in [2.75, 3.05) is 13.7 Å². The summed E-state index contributed by atoms with van der Waals surface area (Å²) in [6, 6.07) is 0.493. The van der Waals surface area contributed by atoms with E-state index >= 15 is 0 Å². The number of nitrogens with one attached hydrogen (secondary N) is 1. The van der Waals surface area contributed by atoms with E-state index in [0.29, 0.717) is 23.7 Å². The zero-order valence-electron chi connectivity index (χ0n) is 8.56. The Morgan fingerprint density at radius 3 is 2.69 bits per heavy atom. The lowest BCUT2D eigenvalue weighted by Gasteiger charge is -2.51. The zero-order chi connectivity index (χ0) is 10.1. The molecule has 1 aliphatic rings. The molecule has 2 unspecified atom stereocenters. The van der Waals surface area contributed by atoms with Crippen molar-refractivity contribution in [1.29, 1.82) is 0 Å². The summed E-state index contributed by atoms with van der Waals surface area (Å²) in [7, 11) is 1.77. The molecule has 0 aromatic rings. The monoisotopic (exact) mass is 203 g/mol. The smallest absolute Gasteiger partial charge is 0.0652 e. The summed E-state index contributed by atoms with van der Waals surface area (Å²) >= 11 is 5.68. The van der Waals surface area contributed by atoms with Crippen molar-refractivity contribution < 1.29 is 4.74 Å². The van der Waals surface area contributed by atoms with Crippen molar-refractivity contribution in [1.82, 2.24) is 5.32 Å². The van der Waals surface area contributed by atoms with E-state index in [-0.39, 0.29) is 5.41 Å². The van der Waals surface area contributed by atoms with Crippen LogP contribution in [-0.2, 0) is 4.74 Å². The fourth-order valence-electron chi connectivity index (χ4n) is 1.87. The molecule has 0 aliphatic heterocycles. The molecular formula is C10H18ClNO. The second-order valence-corrected chi connectivity index (χ2v) is 4.77. The molecule has 0 bridgehead atoms. The molecule has 2 nitrogen and oxygen atoms in total. The van der Waals surface area contributed by atoms with E-state index in [2.05, 4.69) is 25.7 Å². The third-order valence-electron chi connectivity index (χ3n) is 3.00. The van der Waals surface area contributed by atoms with Crippen LogP contribution < -0.4 is 5.32 Å². The molecule has 76 valence electrons. The Kier molecular flexibility index (Phi) is 3.38. The van der Waals surface area contributed by atoms with Crippen molar-refractivity contribution in [3.8, 4) is 0 Å². The molecule has 0 amide bonds. The van der Waals surface area contributed by atoms with Crippen LogP contribution in [0.25, 0.3) is 0 Å². The first-order valence-corrected chi connectivity index (χ1v) is 4.95. The standard InChI is InChI=1S/C10H18ClNO/c1-7(11)6-12-8-5-9(13-4)10(8,2)3/h8-9,12H,1,5-6H2,2-4H3. The minimum atomic E-state index is 0.209. The summed E-state index contributed by atoms with van der Waals surface area (Å²) < 4.78 is 5.34. The van der Waals surface area contributed by atoms with Crippen LogP contribution in [0.4, 0.5) is 0 Å². The first kappa shape index (κ1) is 11.0. The number of hydrogen-bond acceptors (Lipinski definition) is 2. The number of rotatable bonds is 4. The van der Waals surface area contributed by atoms with E-state index in [9.17, 15) is 0 Å². The average Bonchev–Trinajstić information content (AvgIpc) is 2.02. The predicted octanol–water partition coefficient (Wildman–Crippen LogP) is 2.14. The van der Waals surface area contributed by atoms with Gasteiger partial charge < -0.3 is 10.1 Å². The highest BCUT2D eigenvalue weighted by Gasteiger charge is 2.48.